The van der Waals surface area contributed by atoms with Crippen molar-refractivity contribution in [2.75, 3.05) is 40.9 Å². The Balaban J connectivity index is 3.87. The molecule has 450 valence electrons. The number of nitrogens with zero attached hydrogens (tertiary/aromatic N) is 1. The highest BCUT2D eigenvalue weighted by atomic mass is 31.2. The minimum absolute atomic E-state index is 0.0566. The fourth-order valence-electron chi connectivity index (χ4n) is 9.58. The first kappa shape index (κ1) is 74.9. The van der Waals surface area contributed by atoms with Crippen LogP contribution in [0.2, 0.25) is 0 Å². The fraction of sp³-hybridized carbons (Fsp3) is 0.809. The predicted molar refractivity (Wildman–Crippen MR) is 337 cm³/mol. The summed E-state index contributed by atoms with van der Waals surface area (Å²) in [7, 11) is 1.56. The molecule has 0 saturated heterocycles. The van der Waals surface area contributed by atoms with Gasteiger partial charge in [-0.2, -0.15) is 0 Å². The van der Waals surface area contributed by atoms with Crippen LogP contribution in [-0.2, 0) is 18.4 Å². The largest absolute Gasteiger partial charge is 0.472 e. The van der Waals surface area contributed by atoms with Crippen LogP contribution in [0.4, 0.5) is 0 Å². The zero-order chi connectivity index (χ0) is 56.3. The summed E-state index contributed by atoms with van der Waals surface area (Å²) in [5.41, 5.74) is 0. The Bertz CT molecular complexity index is 1480. The first-order valence-corrected chi connectivity index (χ1v) is 34.3. The Morgan fingerprint density at radius 2 is 0.792 bits per heavy atom. The van der Waals surface area contributed by atoms with E-state index in [4.69, 9.17) is 9.05 Å². The van der Waals surface area contributed by atoms with E-state index in [-0.39, 0.29) is 19.1 Å². The molecular formula is C68H128N2O6P+. The monoisotopic (exact) mass is 1100 g/mol. The van der Waals surface area contributed by atoms with Crippen molar-refractivity contribution in [2.45, 2.75) is 315 Å². The summed E-state index contributed by atoms with van der Waals surface area (Å²) in [6, 6.07) is -0.863. The maximum Gasteiger partial charge on any atom is 0.472 e. The molecule has 77 heavy (non-hydrogen) atoms. The Hall–Kier alpha value is -2.06. The Morgan fingerprint density at radius 3 is 1.19 bits per heavy atom. The summed E-state index contributed by atoms with van der Waals surface area (Å²) in [5, 5.41) is 13.9. The van der Waals surface area contributed by atoms with E-state index < -0.39 is 20.0 Å². The van der Waals surface area contributed by atoms with Gasteiger partial charge in [0.1, 0.15) is 13.2 Å². The van der Waals surface area contributed by atoms with E-state index in [1.807, 2.05) is 27.2 Å². The maximum absolute atomic E-state index is 13.0. The van der Waals surface area contributed by atoms with E-state index in [1.54, 1.807) is 6.08 Å². The van der Waals surface area contributed by atoms with Crippen LogP contribution in [0.1, 0.15) is 303 Å². The average molecular weight is 1100 g/mol. The number of hydrogen-bond acceptors (Lipinski definition) is 5. The van der Waals surface area contributed by atoms with Gasteiger partial charge in [-0.05, 0) is 70.6 Å². The second kappa shape index (κ2) is 58.6. The normalized spacial score (nSPS) is 14.2. The van der Waals surface area contributed by atoms with Crippen LogP contribution in [0, 0.1) is 0 Å². The van der Waals surface area contributed by atoms with E-state index in [1.165, 1.54) is 218 Å². The van der Waals surface area contributed by atoms with Gasteiger partial charge in [0.15, 0.2) is 0 Å². The molecule has 0 rings (SSSR count). The molecule has 0 aromatic carbocycles. The third kappa shape index (κ3) is 61.4. The number of rotatable bonds is 60. The van der Waals surface area contributed by atoms with Gasteiger partial charge in [0, 0.05) is 6.42 Å². The molecule has 0 radical (unpaired) electrons. The molecule has 8 nitrogen and oxygen atoms in total. The molecule has 3 N–H and O–H groups in total. The van der Waals surface area contributed by atoms with Crippen LogP contribution < -0.4 is 5.32 Å². The van der Waals surface area contributed by atoms with Crippen molar-refractivity contribution in [3.8, 4) is 0 Å². The van der Waals surface area contributed by atoms with Crippen LogP contribution in [0.5, 0.6) is 0 Å². The number of aliphatic hydroxyl groups is 1. The molecule has 0 heterocycles. The van der Waals surface area contributed by atoms with E-state index in [0.29, 0.717) is 17.4 Å². The van der Waals surface area contributed by atoms with E-state index in [2.05, 4.69) is 79.9 Å². The molecule has 0 aromatic heterocycles. The summed E-state index contributed by atoms with van der Waals surface area (Å²) < 4.78 is 23.7. The van der Waals surface area contributed by atoms with Gasteiger partial charge in [0.25, 0.3) is 0 Å². The number of allylic oxidation sites excluding steroid dienone is 11. The Labute approximate surface area is 478 Å². The molecule has 3 unspecified atom stereocenters. The van der Waals surface area contributed by atoms with Gasteiger partial charge >= 0.3 is 7.82 Å². The molecule has 3 atom stereocenters. The van der Waals surface area contributed by atoms with E-state index in [9.17, 15) is 19.4 Å². The zero-order valence-corrected chi connectivity index (χ0v) is 52.3. The minimum Gasteiger partial charge on any atom is -0.387 e. The SMILES string of the molecule is CC/C=C\C/C=C\C/C=C\C/C=C\CCCCCCCCCCCCCCCCCCCCCCCCCCCCCCC(=O)NC(COP(=O)(O)OCC[N+](C)(C)C)C(O)/C=C/CC/C=C/CCCCCCCCCC. The first-order chi connectivity index (χ1) is 37.5. The van der Waals surface area contributed by atoms with Gasteiger partial charge in [0.2, 0.25) is 5.91 Å². The second-order valence-corrected chi connectivity index (χ2v) is 24.9. The van der Waals surface area contributed by atoms with Gasteiger partial charge in [-0.25, -0.2) is 4.57 Å². The highest BCUT2D eigenvalue weighted by Crippen LogP contribution is 2.43. The summed E-state index contributed by atoms with van der Waals surface area (Å²) in [5.74, 6) is -0.183. The van der Waals surface area contributed by atoms with Gasteiger partial charge in [-0.3, -0.25) is 13.8 Å². The number of likely N-dealkylation sites (N-methyl/N-ethyl adjacent to an activating group) is 1. The van der Waals surface area contributed by atoms with Crippen LogP contribution >= 0.6 is 7.82 Å². The Morgan fingerprint density at radius 1 is 0.455 bits per heavy atom. The van der Waals surface area contributed by atoms with Crippen molar-refractivity contribution in [2.24, 2.45) is 0 Å². The Kier molecular flexibility index (Phi) is 57.0. The fourth-order valence-corrected chi connectivity index (χ4v) is 10.3. The van der Waals surface area contributed by atoms with Crippen molar-refractivity contribution in [3.63, 3.8) is 0 Å². The first-order valence-electron chi connectivity index (χ1n) is 32.8. The maximum atomic E-state index is 13.0. The third-order valence-electron chi connectivity index (χ3n) is 14.7. The molecule has 0 bridgehead atoms. The molecule has 0 spiro atoms. The zero-order valence-electron chi connectivity index (χ0n) is 51.4. The number of carbonyl (C=O) groups excluding carboxylic acids is 1. The molecule has 0 aromatic rings. The second-order valence-electron chi connectivity index (χ2n) is 23.5. The molecule has 1 amide bonds. The van der Waals surface area contributed by atoms with Gasteiger partial charge in [0.05, 0.1) is 39.9 Å². The summed E-state index contributed by atoms with van der Waals surface area (Å²) >= 11 is 0. The molecule has 9 heteroatoms. The smallest absolute Gasteiger partial charge is 0.387 e. The molecular weight excluding hydrogens is 972 g/mol. The average Bonchev–Trinajstić information content (AvgIpc) is 3.39. The number of carbonyl (C=O) groups is 1. The quantitative estimate of drug-likeness (QED) is 0.0243. The summed E-state index contributed by atoms with van der Waals surface area (Å²) in [4.78, 5) is 23.3. The molecule has 0 fully saturated rings. The summed E-state index contributed by atoms with van der Waals surface area (Å²) in [6.45, 7) is 4.69. The lowest BCUT2D eigenvalue weighted by atomic mass is 10.0. The highest BCUT2D eigenvalue weighted by Gasteiger charge is 2.27. The number of hydrogen-bond donors (Lipinski definition) is 3. The van der Waals surface area contributed by atoms with Gasteiger partial charge in [-0.1, -0.05) is 299 Å². The number of phosphoric ester groups is 1. The number of quaternary nitrogens is 1. The number of aliphatic hydroxyl groups excluding tert-OH is 1. The molecule has 0 aliphatic carbocycles. The van der Waals surface area contributed by atoms with Crippen LogP contribution in [0.25, 0.3) is 0 Å². The number of unbranched alkanes of at least 4 members (excludes halogenated alkanes) is 37. The number of phosphoric acid groups is 1. The van der Waals surface area contributed by atoms with Gasteiger partial charge < -0.3 is 19.8 Å². The predicted octanol–water partition coefficient (Wildman–Crippen LogP) is 20.6. The van der Waals surface area contributed by atoms with Crippen LogP contribution in [0.15, 0.2) is 72.9 Å². The van der Waals surface area contributed by atoms with E-state index in [0.717, 1.165) is 64.2 Å². The van der Waals surface area contributed by atoms with Crippen molar-refractivity contribution in [3.05, 3.63) is 72.9 Å². The van der Waals surface area contributed by atoms with Crippen LogP contribution in [0.3, 0.4) is 0 Å². The summed E-state index contributed by atoms with van der Waals surface area (Å²) in [6.07, 6.45) is 82.0. The van der Waals surface area contributed by atoms with Crippen molar-refractivity contribution < 1.29 is 32.9 Å². The van der Waals surface area contributed by atoms with E-state index >= 15 is 0 Å². The third-order valence-corrected chi connectivity index (χ3v) is 15.6. The molecule has 0 saturated carbocycles. The number of nitrogens with one attached hydrogen (secondary N) is 1. The standard InChI is InChI=1S/C68H127N2O6P/c1-6-8-10-12-14-16-18-20-22-23-24-25-26-27-28-29-30-31-32-33-34-35-36-37-38-39-40-41-42-43-44-45-46-47-48-50-52-54-56-58-60-62-68(72)69-66(65-76-77(73,74)75-64-63-70(3,4)5)67(71)61-59-57-55-53-51-49-21-19-17-15-13-11-9-7-2/h8,10,14,16,20,22,24-25,51,53,59,61,66-67,71H,6-7,9,11-13,15,17-19,21,23,26-50,52,54-58,60,62-65H2,1-5H3,(H-,69,72,73,74)/p+1/b10-8-,16-14-,22-20-,25-24-,53-51+,61-59+. The topological polar surface area (TPSA) is 105 Å². The number of amides is 1. The molecule has 0 aliphatic heterocycles. The lowest BCUT2D eigenvalue weighted by molar-refractivity contribution is -0.870. The lowest BCUT2D eigenvalue weighted by Gasteiger charge is -2.25. The van der Waals surface area contributed by atoms with Crippen molar-refractivity contribution >= 4 is 13.7 Å². The van der Waals surface area contributed by atoms with Crippen LogP contribution in [-0.4, -0.2) is 73.4 Å². The van der Waals surface area contributed by atoms with Crippen molar-refractivity contribution in [1.29, 1.82) is 0 Å². The van der Waals surface area contributed by atoms with Crippen molar-refractivity contribution in [1.82, 2.24) is 5.32 Å². The minimum atomic E-state index is -4.35. The van der Waals surface area contributed by atoms with Gasteiger partial charge in [-0.15, -0.1) is 0 Å². The highest BCUT2D eigenvalue weighted by molar-refractivity contribution is 7.47. The lowest BCUT2D eigenvalue weighted by Crippen LogP contribution is -2.45. The molecule has 0 aliphatic rings.